The minimum absolute atomic E-state index is 0.0869. The molecule has 2 amide bonds. The fourth-order valence-corrected chi connectivity index (χ4v) is 3.93. The van der Waals surface area contributed by atoms with Crippen LogP contribution in [-0.2, 0) is 11.3 Å². The summed E-state index contributed by atoms with van der Waals surface area (Å²) in [7, 11) is 0. The van der Waals surface area contributed by atoms with Crippen molar-refractivity contribution in [3.63, 3.8) is 0 Å². The van der Waals surface area contributed by atoms with Gasteiger partial charge in [-0.1, -0.05) is 6.42 Å². The topological polar surface area (TPSA) is 87.5 Å². The molecule has 2 N–H and O–H groups in total. The highest BCUT2D eigenvalue weighted by Gasteiger charge is 2.55. The van der Waals surface area contributed by atoms with Gasteiger partial charge in [-0.3, -0.25) is 9.48 Å². The Kier molecular flexibility index (Phi) is 4.04. The maximum Gasteiger partial charge on any atom is 0.317 e. The number of nitrogens with zero attached hydrogens (tertiary/aromatic N) is 3. The highest BCUT2D eigenvalue weighted by Crippen LogP contribution is 2.48. The Morgan fingerprint density at radius 3 is 2.96 bits per heavy atom. The number of likely N-dealkylation sites (tertiary alicyclic amines) is 1. The smallest absolute Gasteiger partial charge is 0.317 e. The van der Waals surface area contributed by atoms with Crippen LogP contribution in [0.15, 0.2) is 12.4 Å². The first-order valence-electron chi connectivity index (χ1n) is 8.27. The lowest BCUT2D eigenvalue weighted by atomic mass is 9.81. The number of carboxylic acids is 1. The summed E-state index contributed by atoms with van der Waals surface area (Å²) in [5.41, 5.74) is 0.223. The minimum Gasteiger partial charge on any atom is -0.481 e. The molecular formula is C16H24N4O3. The van der Waals surface area contributed by atoms with Crippen LogP contribution in [0.25, 0.3) is 0 Å². The van der Waals surface area contributed by atoms with Gasteiger partial charge in [0.25, 0.3) is 0 Å². The summed E-state index contributed by atoms with van der Waals surface area (Å²) in [4.78, 5) is 25.8. The number of nitrogens with one attached hydrogen (secondary N) is 1. The molecule has 23 heavy (non-hydrogen) atoms. The van der Waals surface area contributed by atoms with Gasteiger partial charge in [-0.15, -0.1) is 0 Å². The Labute approximate surface area is 135 Å². The van der Waals surface area contributed by atoms with E-state index in [2.05, 4.69) is 10.4 Å². The molecule has 0 bridgehead atoms. The van der Waals surface area contributed by atoms with Gasteiger partial charge in [0.15, 0.2) is 0 Å². The first-order valence-corrected chi connectivity index (χ1v) is 8.27. The van der Waals surface area contributed by atoms with Crippen molar-refractivity contribution in [3.05, 3.63) is 18.0 Å². The molecule has 7 nitrogen and oxygen atoms in total. The molecule has 1 aliphatic carbocycles. The fraction of sp³-hybridized carbons (Fsp3) is 0.688. The van der Waals surface area contributed by atoms with Crippen molar-refractivity contribution in [1.82, 2.24) is 20.0 Å². The van der Waals surface area contributed by atoms with E-state index in [-0.39, 0.29) is 18.0 Å². The molecule has 3 rings (SSSR count). The Balaban J connectivity index is 1.64. The number of hydrogen-bond acceptors (Lipinski definition) is 3. The van der Waals surface area contributed by atoms with E-state index in [0.717, 1.165) is 24.9 Å². The number of rotatable bonds is 4. The molecule has 0 aromatic carbocycles. The van der Waals surface area contributed by atoms with Gasteiger partial charge < -0.3 is 15.3 Å². The van der Waals surface area contributed by atoms with Crippen molar-refractivity contribution in [3.8, 4) is 0 Å². The average molecular weight is 320 g/mol. The first kappa shape index (κ1) is 15.8. The first-order chi connectivity index (χ1) is 11.0. The quantitative estimate of drug-likeness (QED) is 0.886. The van der Waals surface area contributed by atoms with Crippen molar-refractivity contribution < 1.29 is 14.7 Å². The largest absolute Gasteiger partial charge is 0.481 e. The van der Waals surface area contributed by atoms with E-state index in [1.807, 2.05) is 24.7 Å². The molecule has 2 fully saturated rings. The third-order valence-electron chi connectivity index (χ3n) is 5.40. The second kappa shape index (κ2) is 5.86. The van der Waals surface area contributed by atoms with Gasteiger partial charge in [-0.25, -0.2) is 4.79 Å². The lowest BCUT2D eigenvalue weighted by Gasteiger charge is -2.24. The zero-order valence-electron chi connectivity index (χ0n) is 13.7. The Morgan fingerprint density at radius 1 is 1.57 bits per heavy atom. The van der Waals surface area contributed by atoms with Crippen molar-refractivity contribution in [1.29, 1.82) is 0 Å². The van der Waals surface area contributed by atoms with Gasteiger partial charge in [0.2, 0.25) is 0 Å². The molecular weight excluding hydrogens is 296 g/mol. The maximum absolute atomic E-state index is 12.5. The number of aromatic nitrogens is 2. The molecule has 1 unspecified atom stereocenters. The van der Waals surface area contributed by atoms with E-state index < -0.39 is 11.4 Å². The molecule has 1 aliphatic heterocycles. The molecule has 1 aromatic rings. The number of amides is 2. The normalized spacial score (nSPS) is 27.7. The van der Waals surface area contributed by atoms with Gasteiger partial charge >= 0.3 is 12.0 Å². The van der Waals surface area contributed by atoms with E-state index in [1.165, 1.54) is 0 Å². The SMILES string of the molecule is CCn1cc(C(C)NC(=O)N2C[C@@H]3CCC[C@@]3(C(=O)O)C2)cn1. The third-order valence-corrected chi connectivity index (χ3v) is 5.40. The number of fused-ring (bicyclic) bond motifs is 1. The van der Waals surface area contributed by atoms with Crippen molar-refractivity contribution in [2.24, 2.45) is 11.3 Å². The molecule has 126 valence electrons. The summed E-state index contributed by atoms with van der Waals surface area (Å²) >= 11 is 0. The standard InChI is InChI=1S/C16H24N4O3/c1-3-20-8-12(7-17-20)11(2)18-15(23)19-9-13-5-4-6-16(13,10-19)14(21)22/h7-8,11,13H,3-6,9-10H2,1-2H3,(H,18,23)(H,21,22)/t11?,13-,16+/m0/s1. The summed E-state index contributed by atoms with van der Waals surface area (Å²) in [6, 6.07) is -0.333. The highest BCUT2D eigenvalue weighted by atomic mass is 16.4. The predicted octanol–water partition coefficient (Wildman–Crippen LogP) is 1.86. The second-order valence-corrected chi connectivity index (χ2v) is 6.73. The summed E-state index contributed by atoms with van der Waals surface area (Å²) in [6.45, 7) is 5.57. The molecule has 7 heteroatoms. The highest BCUT2D eigenvalue weighted by molar-refractivity contribution is 5.80. The van der Waals surface area contributed by atoms with E-state index in [9.17, 15) is 14.7 Å². The third kappa shape index (κ3) is 2.68. The molecule has 2 aliphatic rings. The van der Waals surface area contributed by atoms with Crippen LogP contribution in [0.1, 0.15) is 44.7 Å². The number of aryl methyl sites for hydroxylation is 1. The summed E-state index contributed by atoms with van der Waals surface area (Å²) in [5, 5.41) is 16.8. The number of urea groups is 1. The van der Waals surface area contributed by atoms with Crippen LogP contribution in [0.4, 0.5) is 4.79 Å². The van der Waals surface area contributed by atoms with Gasteiger partial charge in [0.1, 0.15) is 0 Å². The molecule has 2 heterocycles. The van der Waals surface area contributed by atoms with Crippen LogP contribution in [0.2, 0.25) is 0 Å². The summed E-state index contributed by atoms with van der Waals surface area (Å²) in [6.07, 6.45) is 6.19. The molecule has 0 spiro atoms. The molecule has 1 aromatic heterocycles. The maximum atomic E-state index is 12.5. The average Bonchev–Trinajstić information content (AvgIpc) is 3.20. The Hall–Kier alpha value is -2.05. The monoisotopic (exact) mass is 320 g/mol. The lowest BCUT2D eigenvalue weighted by molar-refractivity contribution is -0.149. The second-order valence-electron chi connectivity index (χ2n) is 6.73. The van der Waals surface area contributed by atoms with Gasteiger partial charge in [-0.05, 0) is 32.6 Å². The van der Waals surface area contributed by atoms with Gasteiger partial charge in [0, 0.05) is 31.4 Å². The van der Waals surface area contributed by atoms with Crippen LogP contribution in [0.5, 0.6) is 0 Å². The van der Waals surface area contributed by atoms with Crippen LogP contribution in [0, 0.1) is 11.3 Å². The lowest BCUT2D eigenvalue weighted by Crippen LogP contribution is -2.42. The molecule has 1 saturated heterocycles. The number of carboxylic acid groups (broad SMARTS) is 1. The number of carbonyl (C=O) groups is 2. The van der Waals surface area contributed by atoms with E-state index >= 15 is 0 Å². The van der Waals surface area contributed by atoms with E-state index in [0.29, 0.717) is 19.5 Å². The Bertz CT molecular complexity index is 614. The van der Waals surface area contributed by atoms with Gasteiger partial charge in [0.05, 0.1) is 17.7 Å². The number of aliphatic carboxylic acids is 1. The summed E-state index contributed by atoms with van der Waals surface area (Å²) in [5.74, 6) is -0.670. The van der Waals surface area contributed by atoms with Crippen molar-refractivity contribution in [2.75, 3.05) is 13.1 Å². The van der Waals surface area contributed by atoms with E-state index in [4.69, 9.17) is 0 Å². The van der Waals surface area contributed by atoms with E-state index in [1.54, 1.807) is 11.1 Å². The predicted molar refractivity (Wildman–Crippen MR) is 83.8 cm³/mol. The molecule has 0 radical (unpaired) electrons. The molecule has 3 atom stereocenters. The molecule has 1 saturated carbocycles. The van der Waals surface area contributed by atoms with Crippen molar-refractivity contribution >= 4 is 12.0 Å². The summed E-state index contributed by atoms with van der Waals surface area (Å²) < 4.78 is 1.82. The zero-order chi connectivity index (χ0) is 16.6. The van der Waals surface area contributed by atoms with Crippen molar-refractivity contribution in [2.45, 2.75) is 45.7 Å². The zero-order valence-corrected chi connectivity index (χ0v) is 13.7. The Morgan fingerprint density at radius 2 is 2.35 bits per heavy atom. The van der Waals surface area contributed by atoms with Crippen LogP contribution >= 0.6 is 0 Å². The van der Waals surface area contributed by atoms with Crippen LogP contribution in [0.3, 0.4) is 0 Å². The van der Waals surface area contributed by atoms with Gasteiger partial charge in [-0.2, -0.15) is 5.10 Å². The number of hydrogen-bond donors (Lipinski definition) is 2. The van der Waals surface area contributed by atoms with Crippen LogP contribution < -0.4 is 5.32 Å². The minimum atomic E-state index is -0.757. The number of carbonyl (C=O) groups excluding carboxylic acids is 1. The van der Waals surface area contributed by atoms with Crippen LogP contribution in [-0.4, -0.2) is 44.9 Å². The fourth-order valence-electron chi connectivity index (χ4n) is 3.93.